The predicted molar refractivity (Wildman–Crippen MR) is 74.1 cm³/mol. The Balaban J connectivity index is 1.95. The van der Waals surface area contributed by atoms with Crippen molar-refractivity contribution in [2.24, 2.45) is 5.92 Å². The number of benzene rings is 2. The smallest absolute Gasteiger partial charge is 0.307 e. The highest BCUT2D eigenvalue weighted by Crippen LogP contribution is 2.52. The molecule has 3 unspecified atom stereocenters. The molecule has 2 aromatic carbocycles. The molecule has 2 aromatic rings. The maximum absolute atomic E-state index is 11.6. The van der Waals surface area contributed by atoms with Crippen LogP contribution in [0.1, 0.15) is 30.7 Å². The van der Waals surface area contributed by atoms with Crippen LogP contribution in [0.25, 0.3) is 0 Å². The lowest BCUT2D eigenvalue weighted by Gasteiger charge is -2.42. The van der Waals surface area contributed by atoms with Gasteiger partial charge in [0, 0.05) is 1.37 Å². The molecule has 0 bridgehead atoms. The highest BCUT2D eigenvalue weighted by atomic mass is 16.4. The molecule has 0 amide bonds. The molecule has 3 atom stereocenters. The highest BCUT2D eigenvalue weighted by Gasteiger charge is 2.46. The fraction of sp³-hybridized carbons (Fsp3) is 0.235. The standard InChI is InChI=1S/C17H16O2/c18-17(19)16-14(12-7-3-1-4-8-12)11-15(16)13-9-5-2-6-10-13/h1-10,14-16H,11H2,(H,18,19)/i14D. The number of rotatable bonds is 3. The normalized spacial score (nSPS) is 30.2. The van der Waals surface area contributed by atoms with E-state index in [-0.39, 0.29) is 5.92 Å². The van der Waals surface area contributed by atoms with E-state index in [0.29, 0.717) is 6.42 Å². The van der Waals surface area contributed by atoms with Crippen molar-refractivity contribution in [1.29, 1.82) is 0 Å². The van der Waals surface area contributed by atoms with Crippen molar-refractivity contribution in [3.63, 3.8) is 0 Å². The molecular weight excluding hydrogens is 236 g/mol. The van der Waals surface area contributed by atoms with Gasteiger partial charge in [-0.25, -0.2) is 0 Å². The van der Waals surface area contributed by atoms with Gasteiger partial charge in [0.1, 0.15) is 0 Å². The van der Waals surface area contributed by atoms with E-state index in [2.05, 4.69) is 0 Å². The summed E-state index contributed by atoms with van der Waals surface area (Å²) in [6.45, 7) is 0. The third-order valence-corrected chi connectivity index (χ3v) is 3.86. The Morgan fingerprint density at radius 3 is 2.05 bits per heavy atom. The zero-order chi connectivity index (χ0) is 14.2. The molecule has 96 valence electrons. The molecule has 1 aliphatic carbocycles. The molecule has 0 saturated heterocycles. The van der Waals surface area contributed by atoms with Crippen molar-refractivity contribution < 1.29 is 11.3 Å². The van der Waals surface area contributed by atoms with Gasteiger partial charge in [-0.2, -0.15) is 0 Å². The highest BCUT2D eigenvalue weighted by molar-refractivity contribution is 5.74. The largest absolute Gasteiger partial charge is 0.481 e. The number of carbonyl (C=O) groups is 1. The Kier molecular flexibility index (Phi) is 2.78. The first-order valence-corrected chi connectivity index (χ1v) is 6.46. The van der Waals surface area contributed by atoms with Gasteiger partial charge in [0.25, 0.3) is 0 Å². The molecule has 1 saturated carbocycles. The van der Waals surface area contributed by atoms with Crippen molar-refractivity contribution in [3.05, 3.63) is 71.8 Å². The summed E-state index contributed by atoms with van der Waals surface area (Å²) in [6.07, 6.45) is 0.554. The second kappa shape index (κ2) is 4.88. The fourth-order valence-electron chi connectivity index (χ4n) is 2.85. The number of carboxylic acid groups (broad SMARTS) is 1. The van der Waals surface area contributed by atoms with E-state index in [1.807, 2.05) is 60.7 Å². The first kappa shape index (κ1) is 10.8. The minimum absolute atomic E-state index is 0.0774. The van der Waals surface area contributed by atoms with E-state index in [0.717, 1.165) is 11.1 Å². The van der Waals surface area contributed by atoms with Crippen LogP contribution in [0.5, 0.6) is 0 Å². The summed E-state index contributed by atoms with van der Waals surface area (Å²) >= 11 is 0. The number of hydrogen-bond donors (Lipinski definition) is 1. The summed E-state index contributed by atoms with van der Waals surface area (Å²) in [6, 6.07) is 19.0. The molecule has 3 rings (SSSR count). The minimum Gasteiger partial charge on any atom is -0.481 e. The Bertz CT molecular complexity index is 611. The van der Waals surface area contributed by atoms with Crippen molar-refractivity contribution in [2.75, 3.05) is 0 Å². The Morgan fingerprint density at radius 1 is 1.00 bits per heavy atom. The summed E-state index contributed by atoms with van der Waals surface area (Å²) < 4.78 is 8.59. The topological polar surface area (TPSA) is 37.3 Å². The summed E-state index contributed by atoms with van der Waals surface area (Å²) in [5.74, 6) is -2.67. The van der Waals surface area contributed by atoms with Crippen molar-refractivity contribution in [1.82, 2.24) is 0 Å². The zero-order valence-corrected chi connectivity index (χ0v) is 10.5. The van der Waals surface area contributed by atoms with Crippen LogP contribution < -0.4 is 0 Å². The van der Waals surface area contributed by atoms with Gasteiger partial charge in [0.05, 0.1) is 5.92 Å². The lowest BCUT2D eigenvalue weighted by Crippen LogP contribution is -2.38. The zero-order valence-electron chi connectivity index (χ0n) is 11.5. The van der Waals surface area contributed by atoms with Crippen LogP contribution in [0.4, 0.5) is 0 Å². The third-order valence-electron chi connectivity index (χ3n) is 3.86. The van der Waals surface area contributed by atoms with Crippen molar-refractivity contribution >= 4 is 5.97 Å². The Morgan fingerprint density at radius 2 is 1.53 bits per heavy atom. The molecule has 2 nitrogen and oxygen atoms in total. The predicted octanol–water partition coefficient (Wildman–Crippen LogP) is 3.66. The number of hydrogen-bond acceptors (Lipinski definition) is 1. The molecule has 0 radical (unpaired) electrons. The average molecular weight is 253 g/mol. The SMILES string of the molecule is [2H]C1(c2ccccc2)CC(c2ccccc2)C1C(=O)O. The molecule has 1 fully saturated rings. The molecule has 0 heterocycles. The first-order valence-electron chi connectivity index (χ1n) is 6.96. The van der Waals surface area contributed by atoms with E-state index < -0.39 is 17.8 Å². The van der Waals surface area contributed by atoms with Gasteiger partial charge in [-0.3, -0.25) is 4.79 Å². The van der Waals surface area contributed by atoms with Crippen LogP contribution in [0, 0.1) is 5.92 Å². The molecular formula is C17H16O2. The van der Waals surface area contributed by atoms with Gasteiger partial charge < -0.3 is 5.11 Å². The van der Waals surface area contributed by atoms with Crippen LogP contribution >= 0.6 is 0 Å². The van der Waals surface area contributed by atoms with Gasteiger partial charge in [-0.15, -0.1) is 0 Å². The van der Waals surface area contributed by atoms with Crippen LogP contribution in [0.15, 0.2) is 60.7 Å². The van der Waals surface area contributed by atoms with Crippen LogP contribution in [0.3, 0.4) is 0 Å². The van der Waals surface area contributed by atoms with E-state index in [1.54, 1.807) is 0 Å². The second-order valence-electron chi connectivity index (χ2n) is 4.93. The minimum atomic E-state index is -1.02. The maximum Gasteiger partial charge on any atom is 0.307 e. The second-order valence-corrected chi connectivity index (χ2v) is 4.93. The Hall–Kier alpha value is -2.09. The maximum atomic E-state index is 11.6. The molecule has 1 N–H and O–H groups in total. The monoisotopic (exact) mass is 253 g/mol. The molecule has 0 aromatic heterocycles. The molecule has 0 spiro atoms. The molecule has 0 aliphatic heterocycles. The molecule has 2 heteroatoms. The lowest BCUT2D eigenvalue weighted by molar-refractivity contribution is -0.146. The van der Waals surface area contributed by atoms with Gasteiger partial charge in [-0.1, -0.05) is 60.7 Å². The van der Waals surface area contributed by atoms with Gasteiger partial charge in [-0.05, 0) is 29.4 Å². The number of carboxylic acids is 1. The van der Waals surface area contributed by atoms with E-state index >= 15 is 0 Å². The molecule has 1 aliphatic rings. The fourth-order valence-corrected chi connectivity index (χ4v) is 2.85. The van der Waals surface area contributed by atoms with Gasteiger partial charge in [0.2, 0.25) is 0 Å². The van der Waals surface area contributed by atoms with E-state index in [9.17, 15) is 9.90 Å². The van der Waals surface area contributed by atoms with E-state index in [1.165, 1.54) is 0 Å². The average Bonchev–Trinajstić information content (AvgIpc) is 2.45. The van der Waals surface area contributed by atoms with Crippen LogP contribution in [-0.4, -0.2) is 11.1 Å². The van der Waals surface area contributed by atoms with E-state index in [4.69, 9.17) is 1.37 Å². The third kappa shape index (κ3) is 2.14. The van der Waals surface area contributed by atoms with Gasteiger partial charge in [0.15, 0.2) is 0 Å². The summed E-state index contributed by atoms with van der Waals surface area (Å²) in [5.41, 5.74) is 1.80. The summed E-state index contributed by atoms with van der Waals surface area (Å²) in [4.78, 5) is 11.6. The quantitative estimate of drug-likeness (QED) is 0.906. The van der Waals surface area contributed by atoms with Crippen LogP contribution in [0.2, 0.25) is 0 Å². The van der Waals surface area contributed by atoms with Crippen molar-refractivity contribution in [2.45, 2.75) is 18.2 Å². The first-order chi connectivity index (χ1) is 9.63. The van der Waals surface area contributed by atoms with Crippen LogP contribution in [-0.2, 0) is 4.79 Å². The molecule has 19 heavy (non-hydrogen) atoms. The van der Waals surface area contributed by atoms with Gasteiger partial charge >= 0.3 is 5.97 Å². The van der Waals surface area contributed by atoms with Crippen molar-refractivity contribution in [3.8, 4) is 0 Å². The summed E-state index contributed by atoms with van der Waals surface area (Å²) in [5, 5.41) is 9.54. The Labute approximate surface area is 114 Å². The number of aliphatic carboxylic acids is 1. The summed E-state index contributed by atoms with van der Waals surface area (Å²) in [7, 11) is 0. The lowest BCUT2D eigenvalue weighted by atomic mass is 9.60.